The molecule has 120 valence electrons. The van der Waals surface area contributed by atoms with E-state index in [-0.39, 0.29) is 5.91 Å². The van der Waals surface area contributed by atoms with Crippen molar-refractivity contribution in [1.29, 1.82) is 0 Å². The molecule has 0 radical (unpaired) electrons. The SMILES string of the molecule is Cc1ccc(-c2csc(NC(=O)c3sc(C(C)C)nc3C)n2)s1. The van der Waals surface area contributed by atoms with Crippen molar-refractivity contribution >= 4 is 45.0 Å². The molecule has 3 rings (SSSR count). The first kappa shape index (κ1) is 16.3. The van der Waals surface area contributed by atoms with Crippen LogP contribution in [0.15, 0.2) is 17.5 Å². The van der Waals surface area contributed by atoms with Crippen LogP contribution in [0.5, 0.6) is 0 Å². The van der Waals surface area contributed by atoms with E-state index in [0.717, 1.165) is 21.3 Å². The van der Waals surface area contributed by atoms with Gasteiger partial charge in [-0.05, 0) is 26.0 Å². The third-order valence-electron chi connectivity index (χ3n) is 3.23. The molecule has 0 aromatic carbocycles. The standard InChI is InChI=1S/C16H17N3OS3/c1-8(2)15-17-10(4)13(23-15)14(20)19-16-18-11(7-21-16)12-6-5-9(3)22-12/h5-8H,1-4H3,(H,18,19,20). The van der Waals surface area contributed by atoms with Gasteiger partial charge in [0.15, 0.2) is 5.13 Å². The van der Waals surface area contributed by atoms with Crippen LogP contribution >= 0.6 is 34.0 Å². The third-order valence-corrected chi connectivity index (χ3v) is 6.47. The summed E-state index contributed by atoms with van der Waals surface area (Å²) in [6, 6.07) is 4.13. The van der Waals surface area contributed by atoms with Crippen LogP contribution in [0.25, 0.3) is 10.6 Å². The number of anilines is 1. The zero-order valence-electron chi connectivity index (χ0n) is 13.3. The van der Waals surface area contributed by atoms with Gasteiger partial charge in [-0.1, -0.05) is 13.8 Å². The minimum Gasteiger partial charge on any atom is -0.297 e. The minimum absolute atomic E-state index is 0.129. The molecule has 23 heavy (non-hydrogen) atoms. The molecule has 0 unspecified atom stereocenters. The van der Waals surface area contributed by atoms with Crippen LogP contribution in [0, 0.1) is 13.8 Å². The van der Waals surface area contributed by atoms with Crippen LogP contribution in [-0.4, -0.2) is 15.9 Å². The number of nitrogens with zero attached hydrogens (tertiary/aromatic N) is 2. The maximum Gasteiger partial charge on any atom is 0.269 e. The fourth-order valence-corrected chi connectivity index (χ4v) is 4.62. The van der Waals surface area contributed by atoms with E-state index in [9.17, 15) is 4.79 Å². The molecule has 7 heteroatoms. The van der Waals surface area contributed by atoms with Crippen molar-refractivity contribution in [2.75, 3.05) is 5.32 Å². The van der Waals surface area contributed by atoms with E-state index in [1.54, 1.807) is 11.3 Å². The second-order valence-corrected chi connectivity index (χ2v) is 8.70. The predicted octanol–water partition coefficient (Wildman–Crippen LogP) is 5.32. The number of carbonyl (C=O) groups is 1. The molecule has 0 saturated carbocycles. The highest BCUT2D eigenvalue weighted by molar-refractivity contribution is 7.17. The van der Waals surface area contributed by atoms with E-state index < -0.39 is 0 Å². The highest BCUT2D eigenvalue weighted by Crippen LogP contribution is 2.31. The number of nitrogens with one attached hydrogen (secondary N) is 1. The first-order chi connectivity index (χ1) is 10.9. The Bertz CT molecular complexity index is 845. The summed E-state index contributed by atoms with van der Waals surface area (Å²) in [7, 11) is 0. The first-order valence-corrected chi connectivity index (χ1v) is 9.76. The number of aromatic nitrogens is 2. The zero-order chi connectivity index (χ0) is 16.6. The lowest BCUT2D eigenvalue weighted by molar-refractivity contribution is 0.103. The Labute approximate surface area is 147 Å². The van der Waals surface area contributed by atoms with Gasteiger partial charge in [0, 0.05) is 16.2 Å². The van der Waals surface area contributed by atoms with Gasteiger partial charge in [0.1, 0.15) is 4.88 Å². The van der Waals surface area contributed by atoms with E-state index in [1.165, 1.54) is 27.6 Å². The molecule has 0 bridgehead atoms. The molecule has 0 atom stereocenters. The molecule has 0 aliphatic carbocycles. The van der Waals surface area contributed by atoms with Gasteiger partial charge in [-0.25, -0.2) is 9.97 Å². The van der Waals surface area contributed by atoms with E-state index in [4.69, 9.17) is 0 Å². The van der Waals surface area contributed by atoms with Crippen LogP contribution in [0.4, 0.5) is 5.13 Å². The van der Waals surface area contributed by atoms with Gasteiger partial charge in [0.05, 0.1) is 21.3 Å². The Hall–Kier alpha value is -1.57. The largest absolute Gasteiger partial charge is 0.297 e. The number of thiazole rings is 2. The van der Waals surface area contributed by atoms with E-state index >= 15 is 0 Å². The summed E-state index contributed by atoms with van der Waals surface area (Å²) in [6.45, 7) is 8.10. The molecule has 1 amide bonds. The molecule has 1 N–H and O–H groups in total. The van der Waals surface area contributed by atoms with Crippen molar-refractivity contribution in [2.24, 2.45) is 0 Å². The minimum atomic E-state index is -0.129. The number of amides is 1. The van der Waals surface area contributed by atoms with E-state index in [1.807, 2.05) is 12.3 Å². The van der Waals surface area contributed by atoms with Crippen molar-refractivity contribution < 1.29 is 4.79 Å². The molecule has 0 spiro atoms. The quantitative estimate of drug-likeness (QED) is 0.682. The van der Waals surface area contributed by atoms with Crippen LogP contribution in [0.3, 0.4) is 0 Å². The second-order valence-electron chi connectivity index (χ2n) is 5.52. The first-order valence-electron chi connectivity index (χ1n) is 7.25. The van der Waals surface area contributed by atoms with Gasteiger partial charge < -0.3 is 0 Å². The Kier molecular flexibility index (Phi) is 4.61. The lowest BCUT2D eigenvalue weighted by Crippen LogP contribution is -2.11. The van der Waals surface area contributed by atoms with E-state index in [2.05, 4.69) is 48.2 Å². The van der Waals surface area contributed by atoms with Crippen LogP contribution in [-0.2, 0) is 0 Å². The Morgan fingerprint density at radius 2 is 1.96 bits per heavy atom. The number of rotatable bonds is 4. The number of thiophene rings is 1. The summed E-state index contributed by atoms with van der Waals surface area (Å²) in [5.41, 5.74) is 1.69. The van der Waals surface area contributed by atoms with Gasteiger partial charge in [-0.15, -0.1) is 34.0 Å². The van der Waals surface area contributed by atoms with Crippen LogP contribution in [0.2, 0.25) is 0 Å². The summed E-state index contributed by atoms with van der Waals surface area (Å²) < 4.78 is 0. The lowest BCUT2D eigenvalue weighted by atomic mass is 10.2. The zero-order valence-corrected chi connectivity index (χ0v) is 15.8. The molecular formula is C16H17N3OS3. The lowest BCUT2D eigenvalue weighted by Gasteiger charge is -1.99. The Morgan fingerprint density at radius 3 is 2.57 bits per heavy atom. The predicted molar refractivity (Wildman–Crippen MR) is 99.1 cm³/mol. The third kappa shape index (κ3) is 3.52. The van der Waals surface area contributed by atoms with Crippen molar-refractivity contribution in [2.45, 2.75) is 33.6 Å². The molecular weight excluding hydrogens is 346 g/mol. The Morgan fingerprint density at radius 1 is 1.17 bits per heavy atom. The highest BCUT2D eigenvalue weighted by Gasteiger charge is 2.18. The molecule has 3 aromatic rings. The molecule has 4 nitrogen and oxygen atoms in total. The van der Waals surface area contributed by atoms with Crippen molar-refractivity contribution in [1.82, 2.24) is 9.97 Å². The summed E-state index contributed by atoms with van der Waals surface area (Å²) in [6.07, 6.45) is 0. The molecule has 0 fully saturated rings. The fourth-order valence-electron chi connectivity index (χ4n) is 2.05. The normalized spacial score (nSPS) is 11.2. The van der Waals surface area contributed by atoms with Crippen LogP contribution in [0.1, 0.15) is 45.0 Å². The van der Waals surface area contributed by atoms with E-state index in [0.29, 0.717) is 15.9 Å². The number of carbonyl (C=O) groups excluding carboxylic acids is 1. The Balaban J connectivity index is 1.77. The second kappa shape index (κ2) is 6.51. The van der Waals surface area contributed by atoms with Gasteiger partial charge in [0.2, 0.25) is 0 Å². The van der Waals surface area contributed by atoms with Gasteiger partial charge in [-0.2, -0.15) is 0 Å². The summed E-state index contributed by atoms with van der Waals surface area (Å²) in [4.78, 5) is 24.5. The summed E-state index contributed by atoms with van der Waals surface area (Å²) in [5, 5.41) is 6.47. The van der Waals surface area contributed by atoms with Gasteiger partial charge in [-0.3, -0.25) is 10.1 Å². The monoisotopic (exact) mass is 363 g/mol. The fraction of sp³-hybridized carbons (Fsp3) is 0.312. The van der Waals surface area contributed by atoms with Crippen LogP contribution < -0.4 is 5.32 Å². The molecule has 0 aliphatic heterocycles. The van der Waals surface area contributed by atoms with Crippen molar-refractivity contribution in [3.05, 3.63) is 38.0 Å². The summed E-state index contributed by atoms with van der Waals surface area (Å²) >= 11 is 4.60. The number of hydrogen-bond donors (Lipinski definition) is 1. The molecule has 3 aromatic heterocycles. The summed E-state index contributed by atoms with van der Waals surface area (Å²) in [5.74, 6) is 0.198. The number of aryl methyl sites for hydroxylation is 2. The molecule has 3 heterocycles. The topological polar surface area (TPSA) is 54.9 Å². The van der Waals surface area contributed by atoms with Gasteiger partial charge >= 0.3 is 0 Å². The number of hydrogen-bond acceptors (Lipinski definition) is 6. The highest BCUT2D eigenvalue weighted by atomic mass is 32.1. The van der Waals surface area contributed by atoms with Crippen molar-refractivity contribution in [3.8, 4) is 10.6 Å². The molecule has 0 saturated heterocycles. The molecule has 0 aliphatic rings. The van der Waals surface area contributed by atoms with Crippen molar-refractivity contribution in [3.63, 3.8) is 0 Å². The maximum atomic E-state index is 12.4. The average molecular weight is 364 g/mol. The van der Waals surface area contributed by atoms with Gasteiger partial charge in [0.25, 0.3) is 5.91 Å². The smallest absolute Gasteiger partial charge is 0.269 e. The maximum absolute atomic E-state index is 12.4. The average Bonchev–Trinajstić information content (AvgIpc) is 3.18.